The lowest BCUT2D eigenvalue weighted by atomic mass is 9.86. The summed E-state index contributed by atoms with van der Waals surface area (Å²) in [7, 11) is 0. The van der Waals surface area contributed by atoms with Crippen molar-refractivity contribution in [2.75, 3.05) is 0 Å². The Morgan fingerprint density at radius 3 is 0.759 bits per heavy atom. The van der Waals surface area contributed by atoms with Crippen LogP contribution in [0.1, 0.15) is 158 Å². The van der Waals surface area contributed by atoms with Crippen molar-refractivity contribution in [2.45, 2.75) is 177 Å². The highest BCUT2D eigenvalue weighted by Gasteiger charge is 2.19. The molecular weight excluding hydrogens is 1430 g/mol. The van der Waals surface area contributed by atoms with Crippen LogP contribution in [-0.4, -0.2) is 0 Å². The molecule has 112 heavy (non-hydrogen) atoms. The van der Waals surface area contributed by atoms with Gasteiger partial charge in [0.2, 0.25) is 0 Å². The first-order valence-electron chi connectivity index (χ1n) is 37.0. The minimum atomic E-state index is 0. The SMILES string of the molecule is C.C.C.C.C.C.C.c1ccc2c(c1)CCc1ccccc1OC2.c1ccc2c(c1)CCc1ccccc1S2.c1ccc2c(c1)CCc1ccccc1SC2.c1ccc2c(c1)CCc1ccccc1SC2.c1ccc2c(c1)Cc1ccccc1C2.c1ccc2c(c1)Cc1ccccc1O2.c1ccc2c(c1)Cc1ccccc1S2. The maximum absolute atomic E-state index is 5.85. The number of ether oxygens (including phenoxy) is 2. The molecule has 0 bridgehead atoms. The summed E-state index contributed by atoms with van der Waals surface area (Å²) in [6.45, 7) is 0.688. The van der Waals surface area contributed by atoms with Crippen LogP contribution in [0.25, 0.3) is 0 Å². The van der Waals surface area contributed by atoms with Gasteiger partial charge in [0.1, 0.15) is 23.9 Å². The Morgan fingerprint density at radius 2 is 0.384 bits per heavy atom. The number of benzene rings is 14. The summed E-state index contributed by atoms with van der Waals surface area (Å²) in [5, 5.41) is 0. The summed E-state index contributed by atoms with van der Waals surface area (Å²) in [6.07, 6.45) is 13.5. The summed E-state index contributed by atoms with van der Waals surface area (Å²) >= 11 is 7.72. The van der Waals surface area contributed by atoms with Gasteiger partial charge in [0.25, 0.3) is 0 Å². The number of rotatable bonds is 0. The molecule has 0 aromatic heterocycles. The van der Waals surface area contributed by atoms with E-state index in [2.05, 4.69) is 309 Å². The molecule has 0 atom stereocenters. The number of aryl methyl sites for hydroxylation is 8. The van der Waals surface area contributed by atoms with Crippen LogP contribution in [-0.2, 0) is 95.2 Å². The number of para-hydroxylation sites is 3. The highest BCUT2D eigenvalue weighted by Crippen LogP contribution is 2.41. The van der Waals surface area contributed by atoms with Gasteiger partial charge in [0.05, 0.1) is 0 Å². The van der Waals surface area contributed by atoms with Crippen LogP contribution in [0.2, 0.25) is 0 Å². The van der Waals surface area contributed by atoms with E-state index >= 15 is 0 Å². The normalized spacial score (nSPS) is 12.9. The molecule has 1 aliphatic carbocycles. The predicted octanol–water partition coefficient (Wildman–Crippen LogP) is 30.2. The molecule has 0 saturated carbocycles. The van der Waals surface area contributed by atoms with Crippen molar-refractivity contribution in [3.8, 4) is 17.2 Å². The monoisotopic (exact) mass is 1550 g/mol. The zero-order chi connectivity index (χ0) is 70.6. The van der Waals surface area contributed by atoms with E-state index in [9.17, 15) is 0 Å². The van der Waals surface area contributed by atoms with E-state index in [1.807, 2.05) is 77.4 Å². The van der Waals surface area contributed by atoms with Gasteiger partial charge in [-0.2, -0.15) is 0 Å². The van der Waals surface area contributed by atoms with E-state index in [0.29, 0.717) is 6.61 Å². The maximum atomic E-state index is 5.85. The third-order valence-electron chi connectivity index (χ3n) is 20.3. The molecule has 7 aliphatic rings. The van der Waals surface area contributed by atoms with Crippen LogP contribution in [0, 0.1) is 0 Å². The number of hydrogen-bond donors (Lipinski definition) is 0. The van der Waals surface area contributed by atoms with Gasteiger partial charge in [-0.1, -0.05) is 361 Å². The Bertz CT molecular complexity index is 4220. The van der Waals surface area contributed by atoms with Gasteiger partial charge in [0.15, 0.2) is 0 Å². The van der Waals surface area contributed by atoms with Crippen molar-refractivity contribution < 1.29 is 9.47 Å². The molecule has 14 aromatic rings. The van der Waals surface area contributed by atoms with Gasteiger partial charge < -0.3 is 9.47 Å². The van der Waals surface area contributed by atoms with Crippen LogP contribution in [0.5, 0.6) is 17.2 Å². The zero-order valence-corrected chi connectivity index (χ0v) is 62.7. The largest absolute Gasteiger partial charge is 0.489 e. The first-order chi connectivity index (χ1) is 52.0. The molecule has 0 saturated heterocycles. The first-order valence-corrected chi connectivity index (χ1v) is 40.6. The molecule has 0 fully saturated rings. The second-order valence-corrected chi connectivity index (χ2v) is 31.4. The first kappa shape index (κ1) is 87.7. The number of hydrogen-bond acceptors (Lipinski definition) is 6. The topological polar surface area (TPSA) is 18.5 Å². The molecule has 6 heterocycles. The molecule has 6 aliphatic heterocycles. The minimum absolute atomic E-state index is 0. The van der Waals surface area contributed by atoms with Crippen molar-refractivity contribution in [3.05, 3.63) is 445 Å². The van der Waals surface area contributed by atoms with E-state index in [-0.39, 0.29) is 52.0 Å². The third kappa shape index (κ3) is 22.9. The second-order valence-electron chi connectivity index (χ2n) is 27.2. The van der Waals surface area contributed by atoms with E-state index in [1.165, 1.54) is 174 Å². The highest BCUT2D eigenvalue weighted by molar-refractivity contribution is 8.00. The molecule has 6 heteroatoms. The lowest BCUT2D eigenvalue weighted by molar-refractivity contribution is 0.299. The van der Waals surface area contributed by atoms with E-state index in [0.717, 1.165) is 67.3 Å². The highest BCUT2D eigenvalue weighted by atomic mass is 32.2. The van der Waals surface area contributed by atoms with Gasteiger partial charge in [-0.05, 0) is 231 Å². The summed E-state index contributed by atoms with van der Waals surface area (Å²) in [5.74, 6) is 5.23. The molecule has 0 spiro atoms. The second kappa shape index (κ2) is 44.4. The summed E-state index contributed by atoms with van der Waals surface area (Å²) in [6, 6.07) is 121. The van der Waals surface area contributed by atoms with Crippen LogP contribution in [0.15, 0.2) is 369 Å². The quantitative estimate of drug-likeness (QED) is 0.150. The van der Waals surface area contributed by atoms with Gasteiger partial charge in [-0.15, -0.1) is 23.5 Å². The number of fused-ring (bicyclic) bond motifs is 14. The molecule has 574 valence electrons. The van der Waals surface area contributed by atoms with E-state index < -0.39 is 0 Å². The minimum Gasteiger partial charge on any atom is -0.489 e. The molecule has 0 radical (unpaired) electrons. The predicted molar refractivity (Wildman–Crippen MR) is 490 cm³/mol. The van der Waals surface area contributed by atoms with Crippen LogP contribution >= 0.6 is 47.0 Å². The van der Waals surface area contributed by atoms with Crippen LogP contribution in [0.4, 0.5) is 0 Å². The lowest BCUT2D eigenvalue weighted by Gasteiger charge is -2.19. The molecule has 21 rings (SSSR count). The van der Waals surface area contributed by atoms with Crippen molar-refractivity contribution in [1.29, 1.82) is 0 Å². The van der Waals surface area contributed by atoms with Crippen molar-refractivity contribution in [3.63, 3.8) is 0 Å². The molecular formula is C106H114O2S4. The molecule has 0 unspecified atom stereocenters. The Balaban J connectivity index is 0.000000162. The smallest absolute Gasteiger partial charge is 0.130 e. The zero-order valence-electron chi connectivity index (χ0n) is 59.4. The van der Waals surface area contributed by atoms with Gasteiger partial charge in [-0.3, -0.25) is 0 Å². The van der Waals surface area contributed by atoms with Crippen molar-refractivity contribution in [2.24, 2.45) is 0 Å². The van der Waals surface area contributed by atoms with Crippen molar-refractivity contribution in [1.82, 2.24) is 0 Å². The fourth-order valence-corrected chi connectivity index (χ4v) is 19.0. The molecule has 2 nitrogen and oxygen atoms in total. The van der Waals surface area contributed by atoms with Crippen LogP contribution in [0.3, 0.4) is 0 Å². The van der Waals surface area contributed by atoms with Gasteiger partial charge in [0, 0.05) is 47.3 Å². The summed E-state index contributed by atoms with van der Waals surface area (Å²) in [5.41, 5.74) is 27.5. The average Bonchev–Trinajstić information content (AvgIpc) is 0.906. The van der Waals surface area contributed by atoms with Crippen LogP contribution < -0.4 is 9.47 Å². The Kier molecular flexibility index (Phi) is 34.7. The fourth-order valence-electron chi connectivity index (χ4n) is 14.5. The third-order valence-corrected chi connectivity index (χ3v) is 25.1. The van der Waals surface area contributed by atoms with Gasteiger partial charge in [-0.25, -0.2) is 0 Å². The molecule has 0 N–H and O–H groups in total. The van der Waals surface area contributed by atoms with E-state index in [1.54, 1.807) is 0 Å². The summed E-state index contributed by atoms with van der Waals surface area (Å²) in [4.78, 5) is 8.57. The molecule has 14 aromatic carbocycles. The lowest BCUT2D eigenvalue weighted by Crippen LogP contribution is -2.07. The van der Waals surface area contributed by atoms with E-state index in [4.69, 9.17) is 9.47 Å². The maximum Gasteiger partial charge on any atom is 0.130 e. The Hall–Kier alpha value is -9.92. The number of thioether (sulfide) groups is 2. The fraction of sp³-hybridized carbons (Fsp3) is 0.208. The van der Waals surface area contributed by atoms with Gasteiger partial charge >= 0.3 is 0 Å². The average molecular weight is 1550 g/mol. The summed E-state index contributed by atoms with van der Waals surface area (Å²) < 4.78 is 11.6. The van der Waals surface area contributed by atoms with Crippen molar-refractivity contribution >= 4 is 47.0 Å². The molecule has 0 amide bonds. The standard InChI is InChI=1S/C15H14O.2C15H14S.C14H12S.C14H12.C13H10O.C13H10S.7CH4/c3*1-2-7-14-11-16-15-8-4-3-6-13(15)10-9-12(14)5-1;1-3-7-13-11(5-1)9-10-12-6-2-4-8-14(12)15-13;1-2-6-12-10-14-8-4-3-7-13(14)9-11(12)5-1;2*1-3-7-12-10(5-1)9-11-6-2-4-8-13(11)14-12;;;;;;;/h3*1-8H,9-11H2;1-8H,9-10H2;1-8H,9-10H2;2*1-8H,9H2;7*1H4. The Labute approximate surface area is 690 Å². The Morgan fingerprint density at radius 1 is 0.170 bits per heavy atom.